The normalized spacial score (nSPS) is 19.1. The van der Waals surface area contributed by atoms with E-state index < -0.39 is 23.5 Å². The number of ether oxygens (including phenoxy) is 1. The number of aliphatic hydroxyl groups excluding tert-OH is 1. The smallest absolute Gasteiger partial charge is 0.300 e. The Morgan fingerprint density at radius 1 is 0.919 bits per heavy atom. The van der Waals surface area contributed by atoms with E-state index in [9.17, 15) is 19.8 Å². The van der Waals surface area contributed by atoms with Gasteiger partial charge in [-0.05, 0) is 66.9 Å². The molecular weight excluding hydrogens is 515 g/mol. The number of benzene rings is 3. The lowest BCUT2D eigenvalue weighted by Gasteiger charge is -2.26. The Hall–Kier alpha value is -3.68. The average Bonchev–Trinajstić information content (AvgIpc) is 3.51. The van der Waals surface area contributed by atoms with Crippen molar-refractivity contribution in [2.24, 2.45) is 0 Å². The third-order valence-electron chi connectivity index (χ3n) is 6.73. The lowest BCUT2D eigenvalue weighted by atomic mass is 9.95. The molecule has 0 bridgehead atoms. The van der Waals surface area contributed by atoms with E-state index in [1.807, 2.05) is 12.1 Å². The van der Waals surface area contributed by atoms with E-state index in [1.54, 1.807) is 24.3 Å². The lowest BCUT2D eigenvalue weighted by molar-refractivity contribution is -0.132. The summed E-state index contributed by atoms with van der Waals surface area (Å²) in [6, 6.07) is 15.5. The Morgan fingerprint density at radius 3 is 2.05 bits per heavy atom. The molecular formula is C28H24Cl2N2O5. The van der Waals surface area contributed by atoms with Crippen molar-refractivity contribution >= 4 is 52.0 Å². The van der Waals surface area contributed by atoms with Crippen molar-refractivity contribution in [1.29, 1.82) is 0 Å². The van der Waals surface area contributed by atoms with Crippen LogP contribution >= 0.6 is 23.2 Å². The van der Waals surface area contributed by atoms with Crippen LogP contribution in [0.3, 0.4) is 0 Å². The number of halogens is 2. The molecule has 2 fully saturated rings. The summed E-state index contributed by atoms with van der Waals surface area (Å²) in [5.74, 6) is -1.78. The standard InChI is InChI=1S/C28H24Cl2N2O5/c1-37-27-21(29)14-17(15-22(27)30)25(34)23-24(16-4-10-20(33)11-5-16)32(28(36)26(23)35)19-8-6-18(7-9-19)31-12-2-3-13-31/h4-11,14-15,24,33-34H,2-3,12-13H2,1H3/b25-23+. The number of amides is 1. The molecule has 1 amide bonds. The van der Waals surface area contributed by atoms with E-state index in [4.69, 9.17) is 27.9 Å². The Balaban J connectivity index is 1.64. The summed E-state index contributed by atoms with van der Waals surface area (Å²) >= 11 is 12.6. The Labute approximate surface area is 224 Å². The number of aliphatic hydroxyl groups is 1. The van der Waals surface area contributed by atoms with Crippen LogP contribution in [0, 0.1) is 0 Å². The van der Waals surface area contributed by atoms with Gasteiger partial charge in [-0.1, -0.05) is 35.3 Å². The fourth-order valence-corrected chi connectivity index (χ4v) is 5.56. The minimum Gasteiger partial charge on any atom is -0.508 e. The molecule has 2 aliphatic rings. The SMILES string of the molecule is COc1c(Cl)cc(/C(O)=C2\C(=O)C(=O)N(c3ccc(N4CCCC4)cc3)C2c2ccc(O)cc2)cc1Cl. The summed E-state index contributed by atoms with van der Waals surface area (Å²) < 4.78 is 5.18. The maximum atomic E-state index is 13.4. The number of methoxy groups -OCH3 is 1. The number of aromatic hydroxyl groups is 1. The molecule has 2 aliphatic heterocycles. The molecule has 0 aromatic heterocycles. The van der Waals surface area contributed by atoms with Gasteiger partial charge in [-0.25, -0.2) is 0 Å². The summed E-state index contributed by atoms with van der Waals surface area (Å²) in [6.45, 7) is 1.95. The van der Waals surface area contributed by atoms with Gasteiger partial charge in [0.2, 0.25) is 0 Å². The minimum absolute atomic E-state index is 0.0318. The van der Waals surface area contributed by atoms with Crippen molar-refractivity contribution in [2.45, 2.75) is 18.9 Å². The molecule has 9 heteroatoms. The minimum atomic E-state index is -0.946. The molecule has 1 unspecified atom stereocenters. The first kappa shape index (κ1) is 25.0. The van der Waals surface area contributed by atoms with Crippen LogP contribution in [0.15, 0.2) is 66.2 Å². The number of carbonyl (C=O) groups is 2. The molecule has 37 heavy (non-hydrogen) atoms. The van der Waals surface area contributed by atoms with Crippen LogP contribution < -0.4 is 14.5 Å². The molecule has 2 N–H and O–H groups in total. The van der Waals surface area contributed by atoms with Gasteiger partial charge in [-0.15, -0.1) is 0 Å². The molecule has 0 aliphatic carbocycles. The third-order valence-corrected chi connectivity index (χ3v) is 7.29. The van der Waals surface area contributed by atoms with Crippen molar-refractivity contribution in [1.82, 2.24) is 0 Å². The van der Waals surface area contributed by atoms with Gasteiger partial charge >= 0.3 is 0 Å². The number of ketones is 1. The highest BCUT2D eigenvalue weighted by Gasteiger charge is 2.47. The number of phenols is 1. The quantitative estimate of drug-likeness (QED) is 0.237. The Morgan fingerprint density at radius 2 is 1.49 bits per heavy atom. The lowest BCUT2D eigenvalue weighted by Crippen LogP contribution is -2.29. The van der Waals surface area contributed by atoms with Gasteiger partial charge in [0.25, 0.3) is 11.7 Å². The molecule has 190 valence electrons. The highest BCUT2D eigenvalue weighted by atomic mass is 35.5. The summed E-state index contributed by atoms with van der Waals surface area (Å²) in [4.78, 5) is 30.4. The van der Waals surface area contributed by atoms with E-state index in [1.165, 1.54) is 36.3 Å². The maximum absolute atomic E-state index is 13.4. The first-order chi connectivity index (χ1) is 17.8. The van der Waals surface area contributed by atoms with Gasteiger partial charge in [0.05, 0.1) is 28.8 Å². The predicted octanol–water partition coefficient (Wildman–Crippen LogP) is 5.93. The monoisotopic (exact) mass is 538 g/mol. The number of carbonyl (C=O) groups excluding carboxylic acids is 2. The van der Waals surface area contributed by atoms with E-state index in [0.717, 1.165) is 31.6 Å². The van der Waals surface area contributed by atoms with Gasteiger partial charge in [-0.2, -0.15) is 0 Å². The molecule has 3 aromatic carbocycles. The summed E-state index contributed by atoms with van der Waals surface area (Å²) in [5, 5.41) is 21.4. The van der Waals surface area contributed by atoms with Gasteiger partial charge in [0.1, 0.15) is 11.5 Å². The zero-order valence-corrected chi connectivity index (χ0v) is 21.5. The molecule has 2 saturated heterocycles. The van der Waals surface area contributed by atoms with Crippen molar-refractivity contribution in [3.8, 4) is 11.5 Å². The molecule has 0 radical (unpaired) electrons. The van der Waals surface area contributed by atoms with Gasteiger partial charge in [0, 0.05) is 30.0 Å². The van der Waals surface area contributed by atoms with Crippen LogP contribution in [0.5, 0.6) is 11.5 Å². The van der Waals surface area contributed by atoms with E-state index in [-0.39, 0.29) is 32.7 Å². The average molecular weight is 539 g/mol. The third kappa shape index (κ3) is 4.49. The van der Waals surface area contributed by atoms with Crippen molar-refractivity contribution in [3.63, 3.8) is 0 Å². The van der Waals surface area contributed by atoms with Crippen molar-refractivity contribution in [2.75, 3.05) is 30.0 Å². The fraction of sp³-hybridized carbons (Fsp3) is 0.214. The second-order valence-electron chi connectivity index (χ2n) is 8.94. The molecule has 1 atom stereocenters. The molecule has 3 aromatic rings. The first-order valence-corrected chi connectivity index (χ1v) is 12.5. The zero-order chi connectivity index (χ0) is 26.3. The second kappa shape index (κ2) is 10.00. The largest absolute Gasteiger partial charge is 0.508 e. The topological polar surface area (TPSA) is 90.3 Å². The number of nitrogens with zero attached hydrogens (tertiary/aromatic N) is 2. The molecule has 0 spiro atoms. The van der Waals surface area contributed by atoms with Gasteiger partial charge < -0.3 is 19.8 Å². The molecule has 0 saturated carbocycles. The molecule has 5 rings (SSSR count). The van der Waals surface area contributed by atoms with Gasteiger partial charge in [-0.3, -0.25) is 14.5 Å². The zero-order valence-electron chi connectivity index (χ0n) is 19.9. The van der Waals surface area contributed by atoms with E-state index >= 15 is 0 Å². The molecule has 2 heterocycles. The first-order valence-electron chi connectivity index (χ1n) is 11.8. The summed E-state index contributed by atoms with van der Waals surface area (Å²) in [7, 11) is 1.41. The summed E-state index contributed by atoms with van der Waals surface area (Å²) in [5.41, 5.74) is 2.14. The van der Waals surface area contributed by atoms with E-state index in [0.29, 0.717) is 11.3 Å². The number of Topliss-reactive ketones (excluding diaryl/α,β-unsaturated/α-hetero) is 1. The Kier molecular flexibility index (Phi) is 6.75. The van der Waals surface area contributed by atoms with E-state index in [2.05, 4.69) is 4.90 Å². The summed E-state index contributed by atoms with van der Waals surface area (Å²) in [6.07, 6.45) is 2.27. The van der Waals surface area contributed by atoms with Crippen LogP contribution in [0.2, 0.25) is 10.0 Å². The number of anilines is 2. The van der Waals surface area contributed by atoms with Crippen LogP contribution in [-0.2, 0) is 9.59 Å². The number of phenolic OH excluding ortho intramolecular Hbond substituents is 1. The maximum Gasteiger partial charge on any atom is 0.300 e. The second-order valence-corrected chi connectivity index (χ2v) is 9.76. The van der Waals surface area contributed by atoms with Crippen LogP contribution in [0.4, 0.5) is 11.4 Å². The van der Waals surface area contributed by atoms with Crippen molar-refractivity contribution < 1.29 is 24.5 Å². The number of hydrogen-bond donors (Lipinski definition) is 2. The number of rotatable bonds is 5. The van der Waals surface area contributed by atoms with Crippen LogP contribution in [0.1, 0.15) is 30.0 Å². The van der Waals surface area contributed by atoms with Gasteiger partial charge in [0.15, 0.2) is 5.75 Å². The van der Waals surface area contributed by atoms with Crippen molar-refractivity contribution in [3.05, 3.63) is 87.4 Å². The number of hydrogen-bond acceptors (Lipinski definition) is 6. The highest BCUT2D eigenvalue weighted by molar-refractivity contribution is 6.51. The predicted molar refractivity (Wildman–Crippen MR) is 144 cm³/mol. The Bertz CT molecular complexity index is 1370. The van der Waals surface area contributed by atoms with Crippen LogP contribution in [0.25, 0.3) is 5.76 Å². The highest BCUT2D eigenvalue weighted by Crippen LogP contribution is 2.44. The fourth-order valence-electron chi connectivity index (χ4n) is 4.92. The van der Waals surface area contributed by atoms with Crippen LogP contribution in [-0.4, -0.2) is 42.1 Å². The molecule has 7 nitrogen and oxygen atoms in total.